The average Bonchev–Trinajstić information content (AvgIpc) is 2.49. The molecule has 0 fully saturated rings. The van der Waals surface area contributed by atoms with Crippen molar-refractivity contribution in [1.82, 2.24) is 15.6 Å². The van der Waals surface area contributed by atoms with E-state index in [2.05, 4.69) is 46.8 Å². The first-order chi connectivity index (χ1) is 10.3. The summed E-state index contributed by atoms with van der Waals surface area (Å²) in [5.41, 5.74) is 2.59. The van der Waals surface area contributed by atoms with Gasteiger partial charge in [-0.15, -0.1) is 0 Å². The summed E-state index contributed by atoms with van der Waals surface area (Å²) in [7, 11) is 0. The fraction of sp³-hybridized carbons (Fsp3) is 0.625. The number of pyridine rings is 1. The van der Waals surface area contributed by atoms with Gasteiger partial charge in [-0.3, -0.25) is 9.98 Å². The third-order valence-electron chi connectivity index (χ3n) is 3.19. The van der Waals surface area contributed by atoms with Gasteiger partial charge >= 0.3 is 0 Å². The van der Waals surface area contributed by atoms with Gasteiger partial charge in [0.15, 0.2) is 5.96 Å². The van der Waals surface area contributed by atoms with Gasteiger partial charge in [0.05, 0.1) is 0 Å². The van der Waals surface area contributed by atoms with Gasteiger partial charge in [0, 0.05) is 32.0 Å². The van der Waals surface area contributed by atoms with Crippen LogP contribution in [0.25, 0.3) is 0 Å². The molecule has 0 bridgehead atoms. The van der Waals surface area contributed by atoms with E-state index in [0.29, 0.717) is 0 Å². The number of nitrogens with zero attached hydrogens (tertiary/aromatic N) is 2. The summed E-state index contributed by atoms with van der Waals surface area (Å²) in [6.45, 7) is 6.88. The van der Waals surface area contributed by atoms with E-state index in [0.717, 1.165) is 38.4 Å². The number of hydrogen-bond acceptors (Lipinski definition) is 3. The highest BCUT2D eigenvalue weighted by Crippen LogP contribution is 2.04. The van der Waals surface area contributed by atoms with Gasteiger partial charge in [-0.1, -0.05) is 0 Å². The Morgan fingerprint density at radius 3 is 2.90 bits per heavy atom. The fourth-order valence-corrected chi connectivity index (χ4v) is 2.48. The molecular weight excluding hydrogens is 280 g/mol. The van der Waals surface area contributed by atoms with Gasteiger partial charge in [0.1, 0.15) is 0 Å². The van der Waals surface area contributed by atoms with Crippen molar-refractivity contribution in [1.29, 1.82) is 0 Å². The average molecular weight is 308 g/mol. The van der Waals surface area contributed by atoms with E-state index in [-0.39, 0.29) is 0 Å². The number of unbranched alkanes of at least 4 members (excludes halogenated alkanes) is 1. The standard InChI is InChI=1S/C16H28N4S/c1-4-18-16(19-9-5-6-12-21-3)20-11-8-15-7-10-17-13-14(15)2/h7,10,13H,4-6,8-9,11-12H2,1-3H3,(H2,18,19,20). The van der Waals surface area contributed by atoms with E-state index >= 15 is 0 Å². The van der Waals surface area contributed by atoms with Crippen molar-refractivity contribution in [2.75, 3.05) is 31.6 Å². The molecule has 1 rings (SSSR count). The van der Waals surface area contributed by atoms with Crippen LogP contribution in [0, 0.1) is 6.92 Å². The molecule has 0 spiro atoms. The highest BCUT2D eigenvalue weighted by molar-refractivity contribution is 7.98. The molecule has 118 valence electrons. The van der Waals surface area contributed by atoms with Crippen LogP contribution in [0.1, 0.15) is 30.9 Å². The Hall–Kier alpha value is -1.23. The molecule has 1 aromatic heterocycles. The first-order valence-corrected chi connectivity index (χ1v) is 9.08. The predicted molar refractivity (Wildman–Crippen MR) is 94.3 cm³/mol. The third kappa shape index (κ3) is 7.95. The van der Waals surface area contributed by atoms with Crippen molar-refractivity contribution in [2.24, 2.45) is 4.99 Å². The van der Waals surface area contributed by atoms with Crippen molar-refractivity contribution < 1.29 is 0 Å². The minimum atomic E-state index is 0.890. The normalized spacial score (nSPS) is 11.5. The van der Waals surface area contributed by atoms with E-state index in [4.69, 9.17) is 0 Å². The van der Waals surface area contributed by atoms with Crippen molar-refractivity contribution in [2.45, 2.75) is 33.1 Å². The van der Waals surface area contributed by atoms with Crippen LogP contribution in [0.15, 0.2) is 23.5 Å². The first-order valence-electron chi connectivity index (χ1n) is 7.68. The molecule has 0 aromatic carbocycles. The van der Waals surface area contributed by atoms with Crippen molar-refractivity contribution >= 4 is 17.7 Å². The van der Waals surface area contributed by atoms with Crippen LogP contribution in [0.3, 0.4) is 0 Å². The summed E-state index contributed by atoms with van der Waals surface area (Å²) in [4.78, 5) is 8.74. The zero-order valence-electron chi connectivity index (χ0n) is 13.5. The second kappa shape index (κ2) is 11.4. The molecule has 0 atom stereocenters. The Bertz CT molecular complexity index is 420. The number of aromatic nitrogens is 1. The topological polar surface area (TPSA) is 49.3 Å². The predicted octanol–water partition coefficient (Wildman–Crippen LogP) is 2.63. The van der Waals surface area contributed by atoms with Gasteiger partial charge in [-0.25, -0.2) is 0 Å². The molecule has 1 aromatic rings. The lowest BCUT2D eigenvalue weighted by molar-refractivity contribution is 0.769. The van der Waals surface area contributed by atoms with E-state index in [9.17, 15) is 0 Å². The SMILES string of the molecule is CCNC(=NCCCCSC)NCCc1ccncc1C. The summed E-state index contributed by atoms with van der Waals surface area (Å²) < 4.78 is 0. The Kier molecular flexibility index (Phi) is 9.70. The third-order valence-corrected chi connectivity index (χ3v) is 3.89. The van der Waals surface area contributed by atoms with Crippen LogP contribution in [0.4, 0.5) is 0 Å². The summed E-state index contributed by atoms with van der Waals surface area (Å²) in [6, 6.07) is 2.09. The lowest BCUT2D eigenvalue weighted by Crippen LogP contribution is -2.38. The van der Waals surface area contributed by atoms with Gasteiger partial charge in [0.25, 0.3) is 0 Å². The van der Waals surface area contributed by atoms with Crippen LogP contribution in [0.5, 0.6) is 0 Å². The Morgan fingerprint density at radius 1 is 1.33 bits per heavy atom. The second-order valence-corrected chi connectivity index (χ2v) is 5.93. The zero-order valence-corrected chi connectivity index (χ0v) is 14.3. The molecule has 0 aliphatic rings. The minimum absolute atomic E-state index is 0.890. The Balaban J connectivity index is 2.33. The van der Waals surface area contributed by atoms with Gasteiger partial charge in [-0.05, 0) is 62.3 Å². The first kappa shape index (κ1) is 17.8. The molecular formula is C16H28N4S. The fourth-order valence-electron chi connectivity index (χ4n) is 1.99. The van der Waals surface area contributed by atoms with E-state index in [1.54, 1.807) is 0 Å². The highest BCUT2D eigenvalue weighted by atomic mass is 32.2. The maximum Gasteiger partial charge on any atom is 0.191 e. The molecule has 2 N–H and O–H groups in total. The van der Waals surface area contributed by atoms with Crippen LogP contribution in [0.2, 0.25) is 0 Å². The summed E-state index contributed by atoms with van der Waals surface area (Å²) in [5.74, 6) is 2.15. The Labute approximate surface area is 133 Å². The number of guanidine groups is 1. The molecule has 0 amide bonds. The molecule has 0 unspecified atom stereocenters. The maximum absolute atomic E-state index is 4.61. The number of thioether (sulfide) groups is 1. The zero-order chi connectivity index (χ0) is 15.3. The minimum Gasteiger partial charge on any atom is -0.357 e. The number of rotatable bonds is 9. The molecule has 0 saturated carbocycles. The number of nitrogens with one attached hydrogen (secondary N) is 2. The van der Waals surface area contributed by atoms with E-state index in [1.807, 2.05) is 24.2 Å². The highest BCUT2D eigenvalue weighted by Gasteiger charge is 2.00. The monoisotopic (exact) mass is 308 g/mol. The van der Waals surface area contributed by atoms with Crippen LogP contribution >= 0.6 is 11.8 Å². The van der Waals surface area contributed by atoms with Crippen LogP contribution < -0.4 is 10.6 Å². The largest absolute Gasteiger partial charge is 0.357 e. The number of aryl methyl sites for hydroxylation is 1. The number of hydrogen-bond donors (Lipinski definition) is 2. The summed E-state index contributed by atoms with van der Waals surface area (Å²) in [5, 5.41) is 6.70. The molecule has 0 saturated heterocycles. The van der Waals surface area contributed by atoms with Crippen molar-refractivity contribution in [3.05, 3.63) is 29.6 Å². The van der Waals surface area contributed by atoms with Gasteiger partial charge in [-0.2, -0.15) is 11.8 Å². The second-order valence-electron chi connectivity index (χ2n) is 4.94. The molecule has 21 heavy (non-hydrogen) atoms. The van der Waals surface area contributed by atoms with Crippen molar-refractivity contribution in [3.63, 3.8) is 0 Å². The lowest BCUT2D eigenvalue weighted by Gasteiger charge is -2.12. The van der Waals surface area contributed by atoms with Gasteiger partial charge in [0.2, 0.25) is 0 Å². The van der Waals surface area contributed by atoms with Crippen LogP contribution in [-0.4, -0.2) is 42.6 Å². The summed E-state index contributed by atoms with van der Waals surface area (Å²) in [6.07, 6.45) is 9.30. The van der Waals surface area contributed by atoms with E-state index in [1.165, 1.54) is 23.3 Å². The van der Waals surface area contributed by atoms with Gasteiger partial charge < -0.3 is 10.6 Å². The quantitative estimate of drug-likeness (QED) is 0.418. The molecule has 0 aliphatic heterocycles. The van der Waals surface area contributed by atoms with E-state index < -0.39 is 0 Å². The lowest BCUT2D eigenvalue weighted by atomic mass is 10.1. The molecule has 0 aliphatic carbocycles. The smallest absolute Gasteiger partial charge is 0.191 e. The summed E-state index contributed by atoms with van der Waals surface area (Å²) >= 11 is 1.90. The molecule has 0 radical (unpaired) electrons. The molecule has 4 nitrogen and oxygen atoms in total. The van der Waals surface area contributed by atoms with Crippen LogP contribution in [-0.2, 0) is 6.42 Å². The Morgan fingerprint density at radius 2 is 2.19 bits per heavy atom. The number of aliphatic imine (C=N–C) groups is 1. The van der Waals surface area contributed by atoms with Crippen molar-refractivity contribution in [3.8, 4) is 0 Å². The molecule has 1 heterocycles. The maximum atomic E-state index is 4.61. The molecule has 5 heteroatoms.